The Labute approximate surface area is 372 Å². The van der Waals surface area contributed by atoms with Crippen molar-refractivity contribution in [2.24, 2.45) is 46.3 Å². The van der Waals surface area contributed by atoms with Crippen LogP contribution in [-0.2, 0) is 19.6 Å². The number of benzene rings is 2. The minimum atomic E-state index is -0.488. The van der Waals surface area contributed by atoms with E-state index in [0.717, 1.165) is 97.7 Å². The third-order valence-electron chi connectivity index (χ3n) is 18.4. The topological polar surface area (TPSA) is 57.2 Å². The molecule has 6 heteroatoms. The van der Waals surface area contributed by atoms with Crippen molar-refractivity contribution in [3.05, 3.63) is 99.9 Å². The minimum absolute atomic E-state index is 0.0986. The number of rotatable bonds is 9. The molecule has 0 amide bonds. The lowest BCUT2D eigenvalue weighted by Crippen LogP contribution is -2.51. The molecule has 8 aliphatic rings. The summed E-state index contributed by atoms with van der Waals surface area (Å²) in [6.45, 7) is 18.8. The fourth-order valence-electron chi connectivity index (χ4n) is 15.2. The first kappa shape index (κ1) is 42.0. The summed E-state index contributed by atoms with van der Waals surface area (Å²) >= 11 is 0. The molecule has 2 aliphatic heterocycles. The van der Waals surface area contributed by atoms with Crippen LogP contribution in [0.15, 0.2) is 77.6 Å². The molecule has 9 unspecified atom stereocenters. The number of hydrogen-bond donors (Lipinski definition) is 0. The molecule has 6 aliphatic carbocycles. The van der Waals surface area contributed by atoms with Crippen molar-refractivity contribution in [1.29, 1.82) is 0 Å². The molecule has 3 saturated carbocycles. The van der Waals surface area contributed by atoms with E-state index < -0.39 is 6.16 Å². The van der Waals surface area contributed by atoms with Gasteiger partial charge in [0.2, 0.25) is 0 Å². The van der Waals surface area contributed by atoms with Gasteiger partial charge in [0.15, 0.2) is 0 Å². The maximum atomic E-state index is 13.5. The highest BCUT2D eigenvalue weighted by Crippen LogP contribution is 2.68. The zero-order valence-corrected chi connectivity index (χ0v) is 39.1. The number of carbonyl (C=O) groups excluding carboxylic acids is 1. The summed E-state index contributed by atoms with van der Waals surface area (Å²) in [5.41, 5.74) is 12.1. The normalized spacial score (nSPS) is 33.4. The molecule has 2 aromatic rings. The highest BCUT2D eigenvalue weighted by atomic mass is 16.7. The summed E-state index contributed by atoms with van der Waals surface area (Å²) in [6.07, 6.45) is 23.1. The van der Waals surface area contributed by atoms with Gasteiger partial charge in [-0.25, -0.2) is 4.79 Å². The van der Waals surface area contributed by atoms with Crippen LogP contribution in [-0.4, -0.2) is 38.6 Å². The largest absolute Gasteiger partial charge is 0.508 e. The summed E-state index contributed by atoms with van der Waals surface area (Å²) < 4.78 is 24.8. The van der Waals surface area contributed by atoms with Crippen LogP contribution in [0.3, 0.4) is 0 Å². The fraction of sp³-hybridized carbons (Fsp3) is 0.625. The number of carbonyl (C=O) groups is 1. The van der Waals surface area contributed by atoms with Crippen molar-refractivity contribution in [3.8, 4) is 5.75 Å². The van der Waals surface area contributed by atoms with Gasteiger partial charge in [-0.15, -0.1) is 0 Å². The monoisotopic (exact) mass is 840 g/mol. The lowest BCUT2D eigenvalue weighted by atomic mass is 9.47. The molecule has 10 rings (SSSR count). The molecule has 2 heterocycles. The molecular weight excluding hydrogens is 767 g/mol. The number of methoxy groups -OCH3 is 1. The number of hydrogen-bond acceptors (Lipinski definition) is 6. The van der Waals surface area contributed by atoms with Crippen molar-refractivity contribution >= 4 is 17.4 Å². The molecule has 0 spiro atoms. The molecule has 0 radical (unpaired) electrons. The number of piperidine rings is 1. The lowest BCUT2D eigenvalue weighted by molar-refractivity contribution is -0.0643. The molecular formula is C56H73NO5. The third kappa shape index (κ3) is 6.81. The van der Waals surface area contributed by atoms with Crippen LogP contribution >= 0.6 is 0 Å². The molecule has 4 fully saturated rings. The summed E-state index contributed by atoms with van der Waals surface area (Å²) in [5.74, 6) is 5.80. The van der Waals surface area contributed by atoms with E-state index in [-0.39, 0.29) is 29.1 Å². The second-order valence-electron chi connectivity index (χ2n) is 22.3. The van der Waals surface area contributed by atoms with Crippen LogP contribution in [0.5, 0.6) is 5.75 Å². The van der Waals surface area contributed by atoms with Gasteiger partial charge >= 0.3 is 6.16 Å². The van der Waals surface area contributed by atoms with E-state index >= 15 is 0 Å². The van der Waals surface area contributed by atoms with Crippen molar-refractivity contribution in [2.45, 2.75) is 156 Å². The van der Waals surface area contributed by atoms with Crippen LogP contribution in [0.25, 0.3) is 5.57 Å². The van der Waals surface area contributed by atoms with Gasteiger partial charge in [-0.05, 0) is 137 Å². The molecule has 6 nitrogen and oxygen atoms in total. The maximum Gasteiger partial charge on any atom is 0.508 e. The maximum absolute atomic E-state index is 13.5. The SMILES string of the molecule is COc1cc2c(cc1N1CCC(OC(=O)OC3CCC4(C)C(=CCC5C4CCC4(C)C(C(C)CCCC(C)C)CCC54)C3)CC1)C1=C(C3=CC=COC32)C(C)(C)c2ccccc21. The predicted molar refractivity (Wildman–Crippen MR) is 249 cm³/mol. The first-order chi connectivity index (χ1) is 29.8. The van der Waals surface area contributed by atoms with Crippen LogP contribution in [0.4, 0.5) is 10.5 Å². The first-order valence-corrected chi connectivity index (χ1v) is 24.7. The number of anilines is 1. The van der Waals surface area contributed by atoms with Crippen LogP contribution in [0, 0.1) is 46.3 Å². The second kappa shape index (κ2) is 15.9. The van der Waals surface area contributed by atoms with Gasteiger partial charge < -0.3 is 23.8 Å². The number of allylic oxidation sites excluding steroid dienone is 3. The zero-order valence-electron chi connectivity index (χ0n) is 39.1. The quantitative estimate of drug-likeness (QED) is 0.185. The third-order valence-corrected chi connectivity index (χ3v) is 18.4. The van der Waals surface area contributed by atoms with E-state index in [1.54, 1.807) is 12.7 Å². The molecule has 9 atom stereocenters. The zero-order chi connectivity index (χ0) is 43.1. The Morgan fingerprint density at radius 1 is 0.887 bits per heavy atom. The number of fused-ring (bicyclic) bond motifs is 12. The Morgan fingerprint density at radius 3 is 2.47 bits per heavy atom. The van der Waals surface area contributed by atoms with E-state index in [9.17, 15) is 4.79 Å². The molecule has 1 saturated heterocycles. The van der Waals surface area contributed by atoms with Crippen molar-refractivity contribution in [1.82, 2.24) is 0 Å². The van der Waals surface area contributed by atoms with Crippen molar-refractivity contribution < 1.29 is 23.7 Å². The fourth-order valence-corrected chi connectivity index (χ4v) is 15.2. The smallest absolute Gasteiger partial charge is 0.495 e. The Kier molecular flexibility index (Phi) is 10.8. The molecule has 0 bridgehead atoms. The van der Waals surface area contributed by atoms with Gasteiger partial charge in [-0.1, -0.05) is 110 Å². The lowest BCUT2D eigenvalue weighted by Gasteiger charge is -2.58. The molecule has 2 aromatic carbocycles. The Bertz CT molecular complexity index is 2200. The van der Waals surface area contributed by atoms with Gasteiger partial charge in [0.05, 0.1) is 19.1 Å². The summed E-state index contributed by atoms with van der Waals surface area (Å²) in [4.78, 5) is 15.9. The van der Waals surface area contributed by atoms with E-state index in [2.05, 4.69) is 102 Å². The first-order valence-electron chi connectivity index (χ1n) is 24.7. The van der Waals surface area contributed by atoms with Gasteiger partial charge in [0, 0.05) is 48.9 Å². The van der Waals surface area contributed by atoms with Crippen LogP contribution in [0.1, 0.15) is 160 Å². The average Bonchev–Trinajstić information content (AvgIpc) is 3.74. The van der Waals surface area contributed by atoms with Gasteiger partial charge in [-0.2, -0.15) is 0 Å². The van der Waals surface area contributed by atoms with E-state index in [1.165, 1.54) is 84.8 Å². The second-order valence-corrected chi connectivity index (χ2v) is 22.3. The van der Waals surface area contributed by atoms with Gasteiger partial charge in [0.1, 0.15) is 24.1 Å². The van der Waals surface area contributed by atoms with E-state index in [4.69, 9.17) is 18.9 Å². The minimum Gasteiger partial charge on any atom is -0.495 e. The Hall–Kier alpha value is -3.93. The summed E-state index contributed by atoms with van der Waals surface area (Å²) in [5, 5.41) is 0. The highest BCUT2D eigenvalue weighted by Gasteiger charge is 2.59. The van der Waals surface area contributed by atoms with Crippen LogP contribution < -0.4 is 9.64 Å². The van der Waals surface area contributed by atoms with Gasteiger partial charge in [-0.3, -0.25) is 0 Å². The Morgan fingerprint density at radius 2 is 1.68 bits per heavy atom. The van der Waals surface area contributed by atoms with E-state index in [0.29, 0.717) is 5.41 Å². The molecule has 332 valence electrons. The number of ether oxygens (including phenoxy) is 4. The summed E-state index contributed by atoms with van der Waals surface area (Å²) in [6, 6.07) is 13.4. The Balaban J connectivity index is 0.775. The van der Waals surface area contributed by atoms with Crippen molar-refractivity contribution in [2.75, 3.05) is 25.1 Å². The van der Waals surface area contributed by atoms with Gasteiger partial charge in [0.25, 0.3) is 0 Å². The predicted octanol–water partition coefficient (Wildman–Crippen LogP) is 13.8. The number of nitrogens with zero attached hydrogens (tertiary/aromatic N) is 1. The summed E-state index contributed by atoms with van der Waals surface area (Å²) in [7, 11) is 1.76. The highest BCUT2D eigenvalue weighted by molar-refractivity contribution is 5.97. The van der Waals surface area contributed by atoms with Crippen molar-refractivity contribution in [3.63, 3.8) is 0 Å². The average molecular weight is 840 g/mol. The molecule has 62 heavy (non-hydrogen) atoms. The van der Waals surface area contributed by atoms with Crippen LogP contribution in [0.2, 0.25) is 0 Å². The molecule has 0 N–H and O–H groups in total. The molecule has 0 aromatic heterocycles. The van der Waals surface area contributed by atoms with E-state index in [1.807, 2.05) is 12.3 Å². The standard InChI is InChI=1S/C56H73NO5/c1-34(2)13-11-14-35(3)44-20-21-46-39-19-18-36-31-38(22-26-55(36,6)47(39)23-27-56(44,46)7)62-53(58)61-37-24-28-57(29-25-37)48-32-42-43(33-49(48)59-8)52-41(16-12-30-60-52)51-50(42)40-15-9-10-17-45(40)54(51,4)5/h9-10,12,15-18,30,32-35,37-39,44,46-47,52H,11,13-14,19-29,31H2,1-8H3.